The second-order valence-electron chi connectivity index (χ2n) is 2.39. The maximum Gasteiger partial charge on any atom is 0.0949 e. The van der Waals surface area contributed by atoms with E-state index in [0.717, 1.165) is 19.3 Å². The van der Waals surface area contributed by atoms with Crippen molar-refractivity contribution in [1.82, 2.24) is 10.9 Å². The van der Waals surface area contributed by atoms with E-state index in [1.807, 2.05) is 0 Å². The Morgan fingerprint density at radius 3 is 2.56 bits per heavy atom. The Bertz CT molecular complexity index is 130. The standard InChI is InChI=1S/C7H12N2/c1-3-5-6-7(4-2)8-9-7/h1,8-9H,4-6H2,2H3. The van der Waals surface area contributed by atoms with Gasteiger partial charge >= 0.3 is 0 Å². The molecule has 0 bridgehead atoms. The van der Waals surface area contributed by atoms with E-state index >= 15 is 0 Å². The van der Waals surface area contributed by atoms with E-state index in [1.165, 1.54) is 0 Å². The molecule has 0 saturated carbocycles. The van der Waals surface area contributed by atoms with Crippen LogP contribution in [0.15, 0.2) is 0 Å². The summed E-state index contributed by atoms with van der Waals surface area (Å²) >= 11 is 0. The van der Waals surface area contributed by atoms with E-state index in [-0.39, 0.29) is 5.66 Å². The highest BCUT2D eigenvalue weighted by Crippen LogP contribution is 2.20. The minimum absolute atomic E-state index is 0.201. The third-order valence-electron chi connectivity index (χ3n) is 1.78. The van der Waals surface area contributed by atoms with Crippen molar-refractivity contribution in [2.45, 2.75) is 31.8 Å². The molecule has 0 amide bonds. The van der Waals surface area contributed by atoms with E-state index < -0.39 is 0 Å². The summed E-state index contributed by atoms with van der Waals surface area (Å²) in [6, 6.07) is 0. The molecule has 0 aromatic carbocycles. The molecule has 0 radical (unpaired) electrons. The average Bonchev–Trinajstić information content (AvgIpc) is 2.65. The molecule has 1 heterocycles. The average molecular weight is 124 g/mol. The number of hydrogen-bond acceptors (Lipinski definition) is 2. The van der Waals surface area contributed by atoms with Crippen molar-refractivity contribution in [1.29, 1.82) is 0 Å². The fourth-order valence-electron chi connectivity index (χ4n) is 0.852. The van der Waals surface area contributed by atoms with Gasteiger partial charge in [-0.2, -0.15) is 0 Å². The fraction of sp³-hybridized carbons (Fsp3) is 0.714. The van der Waals surface area contributed by atoms with Gasteiger partial charge in [-0.3, -0.25) is 0 Å². The van der Waals surface area contributed by atoms with Crippen LogP contribution in [-0.2, 0) is 0 Å². The van der Waals surface area contributed by atoms with Gasteiger partial charge < -0.3 is 0 Å². The smallest absolute Gasteiger partial charge is 0.0949 e. The first-order valence-electron chi connectivity index (χ1n) is 3.31. The molecule has 1 rings (SSSR count). The van der Waals surface area contributed by atoms with Gasteiger partial charge in [-0.25, -0.2) is 10.9 Å². The van der Waals surface area contributed by atoms with Crippen LogP contribution in [0.25, 0.3) is 0 Å². The maximum absolute atomic E-state index is 5.11. The fourth-order valence-corrected chi connectivity index (χ4v) is 0.852. The highest BCUT2D eigenvalue weighted by atomic mass is 15.7. The van der Waals surface area contributed by atoms with Gasteiger partial charge in [-0.1, -0.05) is 6.92 Å². The van der Waals surface area contributed by atoms with Crippen LogP contribution in [0, 0.1) is 12.3 Å². The second kappa shape index (κ2) is 2.38. The Morgan fingerprint density at radius 2 is 2.22 bits per heavy atom. The zero-order valence-electron chi connectivity index (χ0n) is 5.70. The molecule has 0 spiro atoms. The van der Waals surface area contributed by atoms with Crippen LogP contribution in [0.3, 0.4) is 0 Å². The van der Waals surface area contributed by atoms with Gasteiger partial charge in [-0.15, -0.1) is 12.3 Å². The molecular weight excluding hydrogens is 112 g/mol. The van der Waals surface area contributed by atoms with Crippen LogP contribution in [-0.4, -0.2) is 5.66 Å². The van der Waals surface area contributed by atoms with Gasteiger partial charge in [0.2, 0.25) is 0 Å². The van der Waals surface area contributed by atoms with Gasteiger partial charge in [0.1, 0.15) is 0 Å². The lowest BCUT2D eigenvalue weighted by molar-refractivity contribution is 0.544. The quantitative estimate of drug-likeness (QED) is 0.427. The lowest BCUT2D eigenvalue weighted by atomic mass is 10.1. The molecule has 0 aromatic rings. The minimum Gasteiger partial charge on any atom is -0.235 e. The molecule has 2 N–H and O–H groups in total. The van der Waals surface area contributed by atoms with Crippen molar-refractivity contribution in [3.05, 3.63) is 0 Å². The molecule has 1 aliphatic heterocycles. The molecule has 9 heavy (non-hydrogen) atoms. The summed E-state index contributed by atoms with van der Waals surface area (Å²) in [6.45, 7) is 2.14. The predicted octanol–water partition coefficient (Wildman–Crippen LogP) is 0.614. The summed E-state index contributed by atoms with van der Waals surface area (Å²) in [6.07, 6.45) is 8.12. The van der Waals surface area contributed by atoms with Crippen molar-refractivity contribution in [2.24, 2.45) is 0 Å². The molecule has 0 unspecified atom stereocenters. The van der Waals surface area contributed by atoms with Crippen molar-refractivity contribution in [3.8, 4) is 12.3 Å². The first-order valence-corrected chi connectivity index (χ1v) is 3.31. The zero-order chi connectivity index (χ0) is 6.74. The van der Waals surface area contributed by atoms with Crippen molar-refractivity contribution in [3.63, 3.8) is 0 Å². The molecule has 1 saturated heterocycles. The van der Waals surface area contributed by atoms with E-state index in [2.05, 4.69) is 23.7 Å². The zero-order valence-corrected chi connectivity index (χ0v) is 5.70. The molecule has 0 atom stereocenters. The lowest BCUT2D eigenvalue weighted by Crippen LogP contribution is -2.14. The molecule has 2 nitrogen and oxygen atoms in total. The van der Waals surface area contributed by atoms with E-state index in [9.17, 15) is 0 Å². The van der Waals surface area contributed by atoms with Crippen LogP contribution in [0.4, 0.5) is 0 Å². The predicted molar refractivity (Wildman–Crippen MR) is 37.4 cm³/mol. The SMILES string of the molecule is C#CCCC1(CC)NN1. The van der Waals surface area contributed by atoms with E-state index in [0.29, 0.717) is 0 Å². The molecule has 0 aliphatic carbocycles. The summed E-state index contributed by atoms with van der Waals surface area (Å²) in [5.41, 5.74) is 6.37. The van der Waals surface area contributed by atoms with Gasteiger partial charge in [-0.05, 0) is 12.8 Å². The highest BCUT2D eigenvalue weighted by Gasteiger charge is 2.38. The van der Waals surface area contributed by atoms with Crippen LogP contribution >= 0.6 is 0 Å². The molecule has 0 aromatic heterocycles. The number of terminal acetylenes is 1. The van der Waals surface area contributed by atoms with Crippen molar-refractivity contribution in [2.75, 3.05) is 0 Å². The Labute approximate surface area is 56.0 Å². The van der Waals surface area contributed by atoms with Gasteiger partial charge in [0.05, 0.1) is 5.66 Å². The summed E-state index contributed by atoms with van der Waals surface area (Å²) in [7, 11) is 0. The molecule has 50 valence electrons. The van der Waals surface area contributed by atoms with Crippen molar-refractivity contribution < 1.29 is 0 Å². The number of hydrazine groups is 1. The third-order valence-corrected chi connectivity index (χ3v) is 1.78. The Hall–Kier alpha value is -0.520. The molecule has 1 aliphatic rings. The molecule has 1 fully saturated rings. The van der Waals surface area contributed by atoms with Crippen LogP contribution in [0.2, 0.25) is 0 Å². The van der Waals surface area contributed by atoms with E-state index in [1.54, 1.807) is 0 Å². The minimum atomic E-state index is 0.201. The first-order chi connectivity index (χ1) is 4.33. The number of hydrogen-bond donors (Lipinski definition) is 2. The number of rotatable bonds is 3. The van der Waals surface area contributed by atoms with Crippen molar-refractivity contribution >= 4 is 0 Å². The summed E-state index contributed by atoms with van der Waals surface area (Å²) in [5.74, 6) is 2.62. The molecular formula is C7H12N2. The maximum atomic E-state index is 5.11. The summed E-state index contributed by atoms with van der Waals surface area (Å²) < 4.78 is 0. The largest absolute Gasteiger partial charge is 0.235 e. The Kier molecular flexibility index (Phi) is 1.75. The lowest BCUT2D eigenvalue weighted by Gasteiger charge is -2.03. The van der Waals surface area contributed by atoms with E-state index in [4.69, 9.17) is 6.42 Å². The van der Waals surface area contributed by atoms with Crippen LogP contribution < -0.4 is 10.9 Å². The van der Waals surface area contributed by atoms with Gasteiger partial charge in [0.15, 0.2) is 0 Å². The summed E-state index contributed by atoms with van der Waals surface area (Å²) in [4.78, 5) is 0. The topological polar surface area (TPSA) is 43.9 Å². The first kappa shape index (κ1) is 6.60. The van der Waals surface area contributed by atoms with Crippen LogP contribution in [0.1, 0.15) is 26.2 Å². The normalized spacial score (nSPS) is 20.9. The Morgan fingerprint density at radius 1 is 1.56 bits per heavy atom. The number of nitrogens with one attached hydrogen (secondary N) is 2. The second-order valence-corrected chi connectivity index (χ2v) is 2.39. The summed E-state index contributed by atoms with van der Waals surface area (Å²) in [5, 5.41) is 0. The van der Waals surface area contributed by atoms with Crippen LogP contribution in [0.5, 0.6) is 0 Å². The monoisotopic (exact) mass is 124 g/mol. The molecule has 2 heteroatoms. The highest BCUT2D eigenvalue weighted by molar-refractivity contribution is 4.97. The third kappa shape index (κ3) is 1.44. The van der Waals surface area contributed by atoms with Gasteiger partial charge in [0, 0.05) is 6.42 Å². The Balaban J connectivity index is 2.19. The van der Waals surface area contributed by atoms with Gasteiger partial charge in [0.25, 0.3) is 0 Å².